The first-order chi connectivity index (χ1) is 23.4. The molecule has 0 N–H and O–H groups in total. The number of nitrogens with zero attached hydrogens (tertiary/aromatic N) is 5. The number of rotatable bonds is 6. The Kier molecular flexibility index (Phi) is 8.50. The first kappa shape index (κ1) is 32.2. The number of benzene rings is 4. The molecule has 4 heterocycles. The Labute approximate surface area is 299 Å². The minimum atomic E-state index is 0. The van der Waals surface area contributed by atoms with Gasteiger partial charge in [0.15, 0.2) is 0 Å². The number of hydrogen-bond donors (Lipinski definition) is 0. The van der Waals surface area contributed by atoms with Crippen LogP contribution in [-0.4, -0.2) is 24.3 Å². The molecule has 0 amide bonds. The van der Waals surface area contributed by atoms with Crippen LogP contribution in [0.3, 0.4) is 0 Å². The molecule has 4 aromatic heterocycles. The smallest absolute Gasteiger partial charge is 0.509 e. The SMILES string of the molecule is Cc1ccnc(-n2c3[c-]c(Oc4[c-]c(-n5nc(C)c(-c6c(C)cc(-c7ccccn7)cc6C)c5C)ccc4)ccc3c3ccccc32)c1.[Pd+2]. The Morgan fingerprint density at radius 3 is 2.20 bits per heavy atom. The average Bonchev–Trinajstić information content (AvgIpc) is 3.57. The second kappa shape index (κ2) is 12.9. The number of hydrogen-bond acceptors (Lipinski definition) is 4. The van der Waals surface area contributed by atoms with E-state index in [1.165, 1.54) is 16.7 Å². The molecule has 7 heteroatoms. The third-order valence-electron chi connectivity index (χ3n) is 8.92. The molecule has 49 heavy (non-hydrogen) atoms. The first-order valence-electron chi connectivity index (χ1n) is 16.0. The van der Waals surface area contributed by atoms with Crippen molar-refractivity contribution in [3.8, 4) is 45.4 Å². The van der Waals surface area contributed by atoms with Gasteiger partial charge in [0.05, 0.1) is 11.4 Å². The summed E-state index contributed by atoms with van der Waals surface area (Å²) in [6.07, 6.45) is 3.68. The van der Waals surface area contributed by atoms with E-state index in [9.17, 15) is 0 Å². The molecular formula is C42H33N5OPd. The van der Waals surface area contributed by atoms with Crippen molar-refractivity contribution in [2.75, 3.05) is 0 Å². The van der Waals surface area contributed by atoms with Crippen molar-refractivity contribution in [2.45, 2.75) is 34.6 Å². The van der Waals surface area contributed by atoms with Crippen molar-refractivity contribution in [1.29, 1.82) is 0 Å². The topological polar surface area (TPSA) is 57.8 Å². The predicted octanol–water partition coefficient (Wildman–Crippen LogP) is 10.0. The molecular weight excluding hydrogens is 697 g/mol. The van der Waals surface area contributed by atoms with Gasteiger partial charge in [-0.25, -0.2) is 4.98 Å². The molecule has 4 aromatic carbocycles. The monoisotopic (exact) mass is 729 g/mol. The van der Waals surface area contributed by atoms with Gasteiger partial charge in [-0.05, 0) is 110 Å². The van der Waals surface area contributed by atoms with E-state index in [-0.39, 0.29) is 20.4 Å². The Hall–Kier alpha value is -5.35. The van der Waals surface area contributed by atoms with Crippen molar-refractivity contribution >= 4 is 21.8 Å². The minimum Gasteiger partial charge on any atom is -0.509 e. The summed E-state index contributed by atoms with van der Waals surface area (Å²) >= 11 is 0. The van der Waals surface area contributed by atoms with E-state index in [1.807, 2.05) is 65.6 Å². The Morgan fingerprint density at radius 2 is 1.43 bits per heavy atom. The molecule has 0 aliphatic carbocycles. The maximum atomic E-state index is 6.42. The fraction of sp³-hybridized carbons (Fsp3) is 0.119. The van der Waals surface area contributed by atoms with Crippen LogP contribution >= 0.6 is 0 Å². The van der Waals surface area contributed by atoms with E-state index in [2.05, 4.69) is 105 Å². The summed E-state index contributed by atoms with van der Waals surface area (Å²) in [6, 6.07) is 39.8. The molecule has 242 valence electrons. The van der Waals surface area contributed by atoms with E-state index in [1.54, 1.807) is 0 Å². The maximum absolute atomic E-state index is 6.42. The summed E-state index contributed by atoms with van der Waals surface area (Å²) in [7, 11) is 0. The summed E-state index contributed by atoms with van der Waals surface area (Å²) in [4.78, 5) is 9.25. The molecule has 0 spiro atoms. The minimum absolute atomic E-state index is 0. The molecule has 0 atom stereocenters. The Bertz CT molecular complexity index is 2470. The van der Waals surface area contributed by atoms with E-state index in [4.69, 9.17) is 14.8 Å². The van der Waals surface area contributed by atoms with Crippen LogP contribution < -0.4 is 4.74 Å². The van der Waals surface area contributed by atoms with Gasteiger partial charge in [-0.15, -0.1) is 35.7 Å². The summed E-state index contributed by atoms with van der Waals surface area (Å²) in [5.41, 5.74) is 12.7. The van der Waals surface area contributed by atoms with Crippen LogP contribution in [0.25, 0.3) is 55.7 Å². The fourth-order valence-electron chi connectivity index (χ4n) is 6.83. The van der Waals surface area contributed by atoms with Gasteiger partial charge in [0, 0.05) is 46.2 Å². The largest absolute Gasteiger partial charge is 2.00 e. The van der Waals surface area contributed by atoms with E-state index in [0.717, 1.165) is 67.1 Å². The molecule has 0 fully saturated rings. The molecule has 0 radical (unpaired) electrons. The van der Waals surface area contributed by atoms with Gasteiger partial charge >= 0.3 is 20.4 Å². The predicted molar refractivity (Wildman–Crippen MR) is 192 cm³/mol. The van der Waals surface area contributed by atoms with Crippen molar-refractivity contribution < 1.29 is 25.2 Å². The van der Waals surface area contributed by atoms with Crippen molar-refractivity contribution in [3.63, 3.8) is 0 Å². The summed E-state index contributed by atoms with van der Waals surface area (Å²) in [6.45, 7) is 10.6. The molecule has 8 aromatic rings. The van der Waals surface area contributed by atoms with Crippen LogP contribution in [0, 0.1) is 46.8 Å². The summed E-state index contributed by atoms with van der Waals surface area (Å²) in [5, 5.41) is 7.22. The van der Waals surface area contributed by atoms with E-state index < -0.39 is 0 Å². The number of fused-ring (bicyclic) bond motifs is 3. The molecule has 8 rings (SSSR count). The van der Waals surface area contributed by atoms with Gasteiger partial charge in [-0.3, -0.25) is 9.67 Å². The van der Waals surface area contributed by atoms with Crippen molar-refractivity contribution in [1.82, 2.24) is 24.3 Å². The summed E-state index contributed by atoms with van der Waals surface area (Å²) < 4.78 is 10.5. The molecule has 0 saturated heterocycles. The maximum Gasteiger partial charge on any atom is 2.00 e. The van der Waals surface area contributed by atoms with Gasteiger partial charge in [0.2, 0.25) is 0 Å². The van der Waals surface area contributed by atoms with Crippen LogP contribution in [0.15, 0.2) is 109 Å². The fourth-order valence-corrected chi connectivity index (χ4v) is 6.83. The van der Waals surface area contributed by atoms with E-state index >= 15 is 0 Å². The van der Waals surface area contributed by atoms with Crippen molar-refractivity contribution in [2.24, 2.45) is 0 Å². The third kappa shape index (κ3) is 5.76. The number of ether oxygens (including phenoxy) is 1. The molecule has 6 nitrogen and oxygen atoms in total. The standard InChI is InChI=1S/C42H33N5O.Pd/c1-26-18-20-44-40(21-26)46-38-15-7-6-13-35(38)36-17-16-34(25-39(36)46)48-33-12-10-11-32(24-33)47-30(5)42(29(4)45-47)41-27(2)22-31(23-28(41)3)37-14-8-9-19-43-37;/h6-23H,1-5H3;/q-2;+2. The summed E-state index contributed by atoms with van der Waals surface area (Å²) in [5.74, 6) is 2.03. The molecule has 0 aliphatic heterocycles. The second-order valence-corrected chi connectivity index (χ2v) is 12.3. The van der Waals surface area contributed by atoms with Crippen LogP contribution in [0.5, 0.6) is 11.5 Å². The van der Waals surface area contributed by atoms with Crippen molar-refractivity contribution in [3.05, 3.63) is 150 Å². The van der Waals surface area contributed by atoms with Crippen LogP contribution in [-0.2, 0) is 20.4 Å². The molecule has 0 aliphatic rings. The zero-order valence-electron chi connectivity index (χ0n) is 27.9. The number of aromatic nitrogens is 5. The zero-order chi connectivity index (χ0) is 32.9. The third-order valence-corrected chi connectivity index (χ3v) is 8.92. The van der Waals surface area contributed by atoms with Gasteiger partial charge in [0.25, 0.3) is 0 Å². The second-order valence-electron chi connectivity index (χ2n) is 12.3. The van der Waals surface area contributed by atoms with E-state index in [0.29, 0.717) is 11.5 Å². The Morgan fingerprint density at radius 1 is 0.653 bits per heavy atom. The molecule has 0 unspecified atom stereocenters. The average molecular weight is 730 g/mol. The Balaban J connectivity index is 0.00000378. The van der Waals surface area contributed by atoms with Gasteiger partial charge < -0.3 is 9.30 Å². The van der Waals surface area contributed by atoms with Crippen LogP contribution in [0.1, 0.15) is 28.1 Å². The number of aryl methyl sites for hydroxylation is 4. The van der Waals surface area contributed by atoms with Gasteiger partial charge in [-0.1, -0.05) is 29.8 Å². The number of para-hydroxylation sites is 1. The van der Waals surface area contributed by atoms with Gasteiger partial charge in [0.1, 0.15) is 5.82 Å². The molecule has 0 bridgehead atoms. The van der Waals surface area contributed by atoms with Crippen LogP contribution in [0.4, 0.5) is 0 Å². The quantitative estimate of drug-likeness (QED) is 0.126. The molecule has 0 saturated carbocycles. The number of pyridine rings is 2. The van der Waals surface area contributed by atoms with Gasteiger partial charge in [-0.2, -0.15) is 17.2 Å². The first-order valence-corrected chi connectivity index (χ1v) is 16.0. The van der Waals surface area contributed by atoms with Crippen LogP contribution in [0.2, 0.25) is 0 Å². The zero-order valence-corrected chi connectivity index (χ0v) is 29.4. The normalized spacial score (nSPS) is 11.2.